The number of aromatic nitrogens is 3. The molecule has 0 radical (unpaired) electrons. The van der Waals surface area contributed by atoms with E-state index in [4.69, 9.17) is 11.6 Å². The highest BCUT2D eigenvalue weighted by Crippen LogP contribution is 2.40. The summed E-state index contributed by atoms with van der Waals surface area (Å²) in [6.07, 6.45) is 2.49. The molecule has 0 fully saturated rings. The van der Waals surface area contributed by atoms with Crippen LogP contribution < -0.4 is 5.32 Å². The van der Waals surface area contributed by atoms with Gasteiger partial charge in [-0.1, -0.05) is 35.9 Å². The number of nitrogens with zero attached hydrogens (tertiary/aromatic N) is 3. The molecule has 0 amide bonds. The molecule has 1 aliphatic heterocycles. The van der Waals surface area contributed by atoms with Crippen molar-refractivity contribution in [1.82, 2.24) is 14.8 Å². The summed E-state index contributed by atoms with van der Waals surface area (Å²) in [4.78, 5) is 5.63. The van der Waals surface area contributed by atoms with Crippen molar-refractivity contribution < 1.29 is 0 Å². The molecular formula is C15H13ClN4S. The zero-order valence-electron chi connectivity index (χ0n) is 11.1. The second kappa shape index (κ2) is 5.16. The van der Waals surface area contributed by atoms with Crippen molar-refractivity contribution in [2.45, 2.75) is 18.5 Å². The van der Waals surface area contributed by atoms with E-state index in [9.17, 15) is 0 Å². The first kappa shape index (κ1) is 12.9. The van der Waals surface area contributed by atoms with Gasteiger partial charge in [0.1, 0.15) is 6.33 Å². The normalized spacial score (nSPS) is 20.8. The van der Waals surface area contributed by atoms with Crippen LogP contribution in [-0.4, -0.2) is 14.8 Å². The number of halogens is 1. The van der Waals surface area contributed by atoms with E-state index < -0.39 is 0 Å². The van der Waals surface area contributed by atoms with E-state index in [1.165, 1.54) is 4.88 Å². The molecular weight excluding hydrogens is 304 g/mol. The fraction of sp³-hybridized carbons (Fsp3) is 0.200. The summed E-state index contributed by atoms with van der Waals surface area (Å²) < 4.78 is 1.92. The topological polar surface area (TPSA) is 42.7 Å². The molecule has 0 saturated heterocycles. The average molecular weight is 317 g/mol. The van der Waals surface area contributed by atoms with E-state index in [1.807, 2.05) is 22.9 Å². The van der Waals surface area contributed by atoms with Crippen molar-refractivity contribution in [2.75, 3.05) is 5.32 Å². The van der Waals surface area contributed by atoms with Gasteiger partial charge < -0.3 is 5.32 Å². The summed E-state index contributed by atoms with van der Waals surface area (Å²) in [5, 5.41) is 10.7. The first-order valence-electron chi connectivity index (χ1n) is 6.77. The molecule has 3 heterocycles. The van der Waals surface area contributed by atoms with Crippen molar-refractivity contribution in [1.29, 1.82) is 0 Å². The number of thiophene rings is 1. The lowest BCUT2D eigenvalue weighted by Crippen LogP contribution is -2.27. The van der Waals surface area contributed by atoms with E-state index >= 15 is 0 Å². The van der Waals surface area contributed by atoms with Crippen LogP contribution >= 0.6 is 22.9 Å². The maximum atomic E-state index is 6.38. The van der Waals surface area contributed by atoms with Gasteiger partial charge in [0.05, 0.1) is 12.1 Å². The summed E-state index contributed by atoms with van der Waals surface area (Å²) in [5.74, 6) is 0.796. The zero-order valence-corrected chi connectivity index (χ0v) is 12.7. The van der Waals surface area contributed by atoms with E-state index in [-0.39, 0.29) is 12.1 Å². The van der Waals surface area contributed by atoms with Crippen LogP contribution in [0.4, 0.5) is 5.95 Å². The highest BCUT2D eigenvalue weighted by Gasteiger charge is 2.31. The Hall–Kier alpha value is -1.85. The number of fused-ring (bicyclic) bond motifs is 1. The summed E-state index contributed by atoms with van der Waals surface area (Å²) in [6.45, 7) is 0. The predicted octanol–water partition coefficient (Wildman–Crippen LogP) is 4.14. The van der Waals surface area contributed by atoms with Gasteiger partial charge in [-0.3, -0.25) is 0 Å². The molecule has 6 heteroatoms. The Morgan fingerprint density at radius 2 is 2.14 bits per heavy atom. The van der Waals surface area contributed by atoms with Gasteiger partial charge in [0.2, 0.25) is 5.95 Å². The quantitative estimate of drug-likeness (QED) is 0.772. The molecule has 1 aromatic carbocycles. The third-order valence-corrected chi connectivity index (χ3v) is 5.11. The molecule has 0 bridgehead atoms. The lowest BCUT2D eigenvalue weighted by Gasteiger charge is -2.31. The van der Waals surface area contributed by atoms with E-state index in [0.717, 1.165) is 23.0 Å². The van der Waals surface area contributed by atoms with E-state index in [1.54, 1.807) is 17.7 Å². The predicted molar refractivity (Wildman–Crippen MR) is 84.9 cm³/mol. The highest BCUT2D eigenvalue weighted by molar-refractivity contribution is 7.10. The maximum Gasteiger partial charge on any atom is 0.222 e. The Morgan fingerprint density at radius 1 is 1.24 bits per heavy atom. The van der Waals surface area contributed by atoms with Crippen molar-refractivity contribution in [3.63, 3.8) is 0 Å². The van der Waals surface area contributed by atoms with Crippen LogP contribution in [0.2, 0.25) is 5.02 Å². The van der Waals surface area contributed by atoms with Gasteiger partial charge in [0.15, 0.2) is 0 Å². The fourth-order valence-corrected chi connectivity index (χ4v) is 3.85. The van der Waals surface area contributed by atoms with Crippen LogP contribution in [0.25, 0.3) is 0 Å². The van der Waals surface area contributed by atoms with Gasteiger partial charge in [-0.05, 0) is 29.5 Å². The van der Waals surface area contributed by atoms with Crippen LogP contribution in [0.3, 0.4) is 0 Å². The molecule has 2 atom stereocenters. The Labute approximate surface area is 131 Å². The third kappa shape index (κ3) is 2.22. The second-order valence-corrected chi connectivity index (χ2v) is 6.40. The van der Waals surface area contributed by atoms with Gasteiger partial charge in [0.25, 0.3) is 0 Å². The Morgan fingerprint density at radius 3 is 2.95 bits per heavy atom. The Kier molecular flexibility index (Phi) is 3.16. The largest absolute Gasteiger partial charge is 0.347 e. The van der Waals surface area contributed by atoms with Crippen molar-refractivity contribution in [2.24, 2.45) is 0 Å². The molecule has 4 nitrogen and oxygen atoms in total. The molecule has 0 aliphatic carbocycles. The molecule has 0 spiro atoms. The van der Waals surface area contributed by atoms with Crippen LogP contribution in [0.5, 0.6) is 0 Å². The molecule has 3 aromatic rings. The van der Waals surface area contributed by atoms with Gasteiger partial charge in [0, 0.05) is 9.90 Å². The minimum Gasteiger partial charge on any atom is -0.347 e. The number of rotatable bonds is 2. The second-order valence-electron chi connectivity index (χ2n) is 5.01. The lowest BCUT2D eigenvalue weighted by molar-refractivity contribution is 0.433. The Bertz CT molecular complexity index is 753. The first-order chi connectivity index (χ1) is 10.3. The van der Waals surface area contributed by atoms with Crippen LogP contribution in [0.15, 0.2) is 48.1 Å². The van der Waals surface area contributed by atoms with Gasteiger partial charge in [-0.2, -0.15) is 10.1 Å². The number of hydrogen-bond donors (Lipinski definition) is 1. The molecule has 1 N–H and O–H groups in total. The van der Waals surface area contributed by atoms with Gasteiger partial charge in [-0.15, -0.1) is 11.3 Å². The third-order valence-electron chi connectivity index (χ3n) is 3.78. The standard InChI is InChI=1S/C15H13ClN4S/c16-11-5-2-1-4-10(11)13-8-12(14-6-3-7-21-14)19-15-17-9-18-20(13)15/h1-7,9,12-13H,8H2,(H,17,18,19)/t12-,13-/m1/s1. The van der Waals surface area contributed by atoms with Crippen molar-refractivity contribution in [3.8, 4) is 0 Å². The summed E-state index contributed by atoms with van der Waals surface area (Å²) >= 11 is 8.14. The SMILES string of the molecule is Clc1ccccc1[C@H]1C[C@H](c2cccs2)Nc2ncnn21. The van der Waals surface area contributed by atoms with Crippen LogP contribution in [0.1, 0.15) is 28.9 Å². The number of nitrogens with one attached hydrogen (secondary N) is 1. The molecule has 2 aromatic heterocycles. The molecule has 0 saturated carbocycles. The molecule has 106 valence electrons. The fourth-order valence-electron chi connectivity index (χ4n) is 2.80. The molecule has 1 aliphatic rings. The van der Waals surface area contributed by atoms with Crippen LogP contribution in [-0.2, 0) is 0 Å². The smallest absolute Gasteiger partial charge is 0.222 e. The molecule has 21 heavy (non-hydrogen) atoms. The maximum absolute atomic E-state index is 6.38. The summed E-state index contributed by atoms with van der Waals surface area (Å²) in [5.41, 5.74) is 1.09. The monoisotopic (exact) mass is 316 g/mol. The lowest BCUT2D eigenvalue weighted by atomic mass is 9.97. The zero-order chi connectivity index (χ0) is 14.2. The summed E-state index contributed by atoms with van der Waals surface area (Å²) in [6, 6.07) is 12.5. The van der Waals surface area contributed by atoms with Crippen LogP contribution in [0, 0.1) is 0 Å². The van der Waals surface area contributed by atoms with Crippen molar-refractivity contribution >= 4 is 28.9 Å². The first-order valence-corrected chi connectivity index (χ1v) is 8.02. The average Bonchev–Trinajstić information content (AvgIpc) is 3.18. The minimum atomic E-state index is 0.101. The molecule has 4 rings (SSSR count). The Balaban J connectivity index is 1.78. The van der Waals surface area contributed by atoms with E-state index in [2.05, 4.69) is 39.0 Å². The van der Waals surface area contributed by atoms with Gasteiger partial charge >= 0.3 is 0 Å². The number of benzene rings is 1. The van der Waals surface area contributed by atoms with Crippen molar-refractivity contribution in [3.05, 3.63) is 63.6 Å². The number of anilines is 1. The van der Waals surface area contributed by atoms with Gasteiger partial charge in [-0.25, -0.2) is 4.68 Å². The summed E-state index contributed by atoms with van der Waals surface area (Å²) in [7, 11) is 0. The number of hydrogen-bond acceptors (Lipinski definition) is 4. The molecule has 0 unspecified atom stereocenters. The minimum absolute atomic E-state index is 0.101. The van der Waals surface area contributed by atoms with E-state index in [0.29, 0.717) is 0 Å². The highest BCUT2D eigenvalue weighted by atomic mass is 35.5.